The molecule has 0 bridgehead atoms. The summed E-state index contributed by atoms with van der Waals surface area (Å²) in [5.41, 5.74) is 3.18. The number of fused-ring (bicyclic) bond motifs is 1. The van der Waals surface area contributed by atoms with Crippen LogP contribution in [0.1, 0.15) is 37.4 Å². The largest absolute Gasteiger partial charge is 0.490 e. The molecule has 33 heavy (non-hydrogen) atoms. The Morgan fingerprint density at radius 2 is 1.88 bits per heavy atom. The maximum atomic E-state index is 12.8. The van der Waals surface area contributed by atoms with Gasteiger partial charge < -0.3 is 19.4 Å². The van der Waals surface area contributed by atoms with Crippen molar-refractivity contribution in [2.75, 3.05) is 19.0 Å². The number of aromatic nitrogens is 3. The van der Waals surface area contributed by atoms with Crippen molar-refractivity contribution in [2.45, 2.75) is 38.4 Å². The van der Waals surface area contributed by atoms with E-state index in [1.54, 1.807) is 0 Å². The fourth-order valence-electron chi connectivity index (χ4n) is 3.85. The van der Waals surface area contributed by atoms with Crippen molar-refractivity contribution >= 4 is 17.7 Å². The van der Waals surface area contributed by atoms with Crippen molar-refractivity contribution in [1.29, 1.82) is 0 Å². The van der Waals surface area contributed by atoms with Gasteiger partial charge in [0, 0.05) is 19.0 Å². The number of rotatable bonds is 7. The maximum Gasteiger partial charge on any atom is 0.230 e. The highest BCUT2D eigenvalue weighted by Crippen LogP contribution is 2.34. The Kier molecular flexibility index (Phi) is 7.23. The number of carbonyl (C=O) groups excluding carboxylic acids is 1. The first-order valence-electron chi connectivity index (χ1n) is 11.2. The van der Waals surface area contributed by atoms with Crippen LogP contribution in [0.3, 0.4) is 0 Å². The molecule has 1 N–H and O–H groups in total. The summed E-state index contributed by atoms with van der Waals surface area (Å²) in [4.78, 5) is 12.8. The third kappa shape index (κ3) is 5.33. The highest BCUT2D eigenvalue weighted by molar-refractivity contribution is 7.99. The Labute approximate surface area is 198 Å². The van der Waals surface area contributed by atoms with E-state index in [9.17, 15) is 4.79 Å². The molecule has 174 valence electrons. The third-order valence-corrected chi connectivity index (χ3v) is 6.69. The summed E-state index contributed by atoms with van der Waals surface area (Å²) < 4.78 is 13.5. The van der Waals surface area contributed by atoms with Crippen LogP contribution < -0.4 is 14.8 Å². The zero-order valence-electron chi connectivity index (χ0n) is 19.5. The summed E-state index contributed by atoms with van der Waals surface area (Å²) in [5, 5.41) is 12.5. The highest BCUT2D eigenvalue weighted by atomic mass is 32.2. The summed E-state index contributed by atoms with van der Waals surface area (Å²) >= 11 is 1.38. The predicted octanol–water partition coefficient (Wildman–Crippen LogP) is 4.56. The predicted molar refractivity (Wildman–Crippen MR) is 130 cm³/mol. The first-order valence-corrected chi connectivity index (χ1v) is 12.2. The lowest BCUT2D eigenvalue weighted by Crippen LogP contribution is -2.33. The second-order valence-electron chi connectivity index (χ2n) is 8.51. The van der Waals surface area contributed by atoms with Crippen molar-refractivity contribution in [2.24, 2.45) is 13.0 Å². The fraction of sp³-hybridized carbons (Fsp3) is 0.400. The van der Waals surface area contributed by atoms with Gasteiger partial charge in [0.05, 0.1) is 25.0 Å². The van der Waals surface area contributed by atoms with Gasteiger partial charge in [0.1, 0.15) is 0 Å². The second-order valence-corrected chi connectivity index (χ2v) is 9.46. The van der Waals surface area contributed by atoms with Crippen LogP contribution in [0.25, 0.3) is 11.4 Å². The molecule has 7 nitrogen and oxygen atoms in total. The van der Waals surface area contributed by atoms with Crippen LogP contribution in [-0.4, -0.2) is 39.6 Å². The van der Waals surface area contributed by atoms with Gasteiger partial charge in [-0.15, -0.1) is 10.2 Å². The molecule has 0 spiro atoms. The molecule has 1 aromatic heterocycles. The number of benzene rings is 2. The van der Waals surface area contributed by atoms with Gasteiger partial charge in [-0.25, -0.2) is 0 Å². The van der Waals surface area contributed by atoms with Crippen LogP contribution in [-0.2, 0) is 11.8 Å². The molecule has 0 aliphatic carbocycles. The molecule has 1 aliphatic rings. The number of nitrogens with zero attached hydrogens (tertiary/aromatic N) is 3. The van der Waals surface area contributed by atoms with E-state index in [-0.39, 0.29) is 23.6 Å². The summed E-state index contributed by atoms with van der Waals surface area (Å²) in [6.07, 6.45) is 0.860. The third-order valence-electron chi connectivity index (χ3n) is 5.67. The summed E-state index contributed by atoms with van der Waals surface area (Å²) in [6.45, 7) is 7.53. The van der Waals surface area contributed by atoms with E-state index in [4.69, 9.17) is 9.47 Å². The first-order chi connectivity index (χ1) is 15.9. The Balaban J connectivity index is 1.43. The van der Waals surface area contributed by atoms with Crippen LogP contribution in [0.5, 0.6) is 11.5 Å². The molecule has 3 aromatic rings. The minimum absolute atomic E-state index is 0.0498. The monoisotopic (exact) mass is 466 g/mol. The molecule has 0 fully saturated rings. The Morgan fingerprint density at radius 3 is 2.64 bits per heavy atom. The number of nitrogens with one attached hydrogen (secondary N) is 1. The number of ether oxygens (including phenoxy) is 2. The zero-order chi connectivity index (χ0) is 23.4. The number of carbonyl (C=O) groups is 1. The summed E-state index contributed by atoms with van der Waals surface area (Å²) in [7, 11) is 1.93. The number of aryl methyl sites for hydroxylation is 1. The van der Waals surface area contributed by atoms with E-state index in [2.05, 4.69) is 42.4 Å². The van der Waals surface area contributed by atoms with Gasteiger partial charge >= 0.3 is 0 Å². The number of amides is 1. The number of hydrogen-bond acceptors (Lipinski definition) is 6. The molecule has 0 saturated carbocycles. The van der Waals surface area contributed by atoms with E-state index >= 15 is 0 Å². The van der Waals surface area contributed by atoms with Crippen LogP contribution in [0.4, 0.5) is 0 Å². The van der Waals surface area contributed by atoms with Crippen molar-refractivity contribution in [3.8, 4) is 22.9 Å². The number of thioether (sulfide) groups is 1. The Hall–Kier alpha value is -3.00. The van der Waals surface area contributed by atoms with E-state index in [0.717, 1.165) is 40.4 Å². The van der Waals surface area contributed by atoms with Gasteiger partial charge in [0.2, 0.25) is 5.91 Å². The van der Waals surface area contributed by atoms with Gasteiger partial charge in [0.15, 0.2) is 22.5 Å². The molecule has 4 rings (SSSR count). The lowest BCUT2D eigenvalue weighted by atomic mass is 9.95. The lowest BCUT2D eigenvalue weighted by molar-refractivity contribution is -0.119. The molecule has 1 atom stereocenters. The molecule has 8 heteroatoms. The van der Waals surface area contributed by atoms with Crippen LogP contribution in [0.2, 0.25) is 0 Å². The molecule has 0 radical (unpaired) electrons. The molecule has 2 heterocycles. The van der Waals surface area contributed by atoms with E-state index in [1.165, 1.54) is 11.8 Å². The van der Waals surface area contributed by atoms with Gasteiger partial charge in [-0.2, -0.15) is 0 Å². The molecule has 1 unspecified atom stereocenters. The van der Waals surface area contributed by atoms with Gasteiger partial charge in [-0.3, -0.25) is 4.79 Å². The van der Waals surface area contributed by atoms with Crippen molar-refractivity contribution < 1.29 is 14.3 Å². The van der Waals surface area contributed by atoms with E-state index in [1.807, 2.05) is 48.0 Å². The van der Waals surface area contributed by atoms with Crippen LogP contribution >= 0.6 is 11.8 Å². The molecular weight excluding hydrogens is 436 g/mol. The second kappa shape index (κ2) is 10.3. The summed E-state index contributed by atoms with van der Waals surface area (Å²) in [5.74, 6) is 2.71. The van der Waals surface area contributed by atoms with Crippen molar-refractivity contribution in [1.82, 2.24) is 20.1 Å². The minimum atomic E-state index is -0.128. The standard InChI is InChI=1S/C25H30N4O3S/c1-16(2)23(18-10-11-20-21(14-18)32-13-7-12-31-20)26-22(30)15-33-25-28-27-24(29(25)4)19-9-6-5-8-17(19)3/h5-6,8-11,14,16,23H,7,12-13,15H2,1-4H3,(H,26,30). The van der Waals surface area contributed by atoms with Gasteiger partial charge in [-0.05, 0) is 36.1 Å². The van der Waals surface area contributed by atoms with E-state index in [0.29, 0.717) is 18.4 Å². The molecule has 0 saturated heterocycles. The first kappa shape index (κ1) is 23.2. The molecular formula is C25H30N4O3S. The Bertz CT molecular complexity index is 1130. The maximum absolute atomic E-state index is 12.8. The quantitative estimate of drug-likeness (QED) is 0.515. The molecule has 1 aliphatic heterocycles. The van der Waals surface area contributed by atoms with Crippen molar-refractivity contribution in [3.63, 3.8) is 0 Å². The molecule has 2 aromatic carbocycles. The smallest absolute Gasteiger partial charge is 0.230 e. The topological polar surface area (TPSA) is 78.3 Å². The summed E-state index contributed by atoms with van der Waals surface area (Å²) in [6, 6.07) is 13.9. The molecule has 1 amide bonds. The van der Waals surface area contributed by atoms with Crippen LogP contribution in [0, 0.1) is 12.8 Å². The zero-order valence-corrected chi connectivity index (χ0v) is 20.3. The normalized spacial score (nSPS) is 14.1. The lowest BCUT2D eigenvalue weighted by Gasteiger charge is -2.24. The van der Waals surface area contributed by atoms with Gasteiger partial charge in [0.25, 0.3) is 0 Å². The van der Waals surface area contributed by atoms with E-state index < -0.39 is 0 Å². The van der Waals surface area contributed by atoms with Gasteiger partial charge in [-0.1, -0.05) is 55.9 Å². The fourth-order valence-corrected chi connectivity index (χ4v) is 4.57. The highest BCUT2D eigenvalue weighted by Gasteiger charge is 2.22. The average Bonchev–Trinajstić information content (AvgIpc) is 3.01. The average molecular weight is 467 g/mol. The minimum Gasteiger partial charge on any atom is -0.490 e. The SMILES string of the molecule is Cc1ccccc1-c1nnc(SCC(=O)NC(c2ccc3c(c2)OCCCO3)C(C)C)n1C. The number of hydrogen-bond donors (Lipinski definition) is 1. The van der Waals surface area contributed by atoms with Crippen LogP contribution in [0.15, 0.2) is 47.6 Å². The van der Waals surface area contributed by atoms with Crippen molar-refractivity contribution in [3.05, 3.63) is 53.6 Å². The Morgan fingerprint density at radius 1 is 1.12 bits per heavy atom.